The van der Waals surface area contributed by atoms with E-state index in [0.29, 0.717) is 30.0 Å². The Morgan fingerprint density at radius 3 is 2.47 bits per heavy atom. The third-order valence-electron chi connectivity index (χ3n) is 6.70. The molecule has 0 spiro atoms. The second kappa shape index (κ2) is 11.8. The van der Waals surface area contributed by atoms with Gasteiger partial charge in [0.15, 0.2) is 17.3 Å². The number of nitrogens with one attached hydrogen (secondary N) is 1. The number of furan rings is 1. The zero-order valence-corrected chi connectivity index (χ0v) is 21.2. The molecule has 7 heteroatoms. The maximum Gasteiger partial charge on any atom is 0.290 e. The van der Waals surface area contributed by atoms with Crippen molar-refractivity contribution in [2.75, 3.05) is 20.8 Å². The van der Waals surface area contributed by atoms with Gasteiger partial charge >= 0.3 is 0 Å². The molecule has 0 bridgehead atoms. The molecule has 1 aliphatic carbocycles. The quantitative estimate of drug-likeness (QED) is 0.428. The minimum atomic E-state index is -0.868. The summed E-state index contributed by atoms with van der Waals surface area (Å²) in [4.78, 5) is 29.2. The van der Waals surface area contributed by atoms with Crippen LogP contribution in [0.1, 0.15) is 59.0 Å². The maximum absolute atomic E-state index is 13.8. The SMILES string of the molecule is COc1ccc([C@H](C(=O)NC2CCCC2)N(CCc2cccc(C)c2)C(=O)c2ccco2)cc1OC. The Balaban J connectivity index is 1.73. The van der Waals surface area contributed by atoms with Gasteiger partial charge in [0.05, 0.1) is 20.5 Å². The molecule has 0 aliphatic heterocycles. The van der Waals surface area contributed by atoms with Crippen LogP contribution in [-0.2, 0) is 11.2 Å². The van der Waals surface area contributed by atoms with Crippen molar-refractivity contribution in [3.63, 3.8) is 0 Å². The van der Waals surface area contributed by atoms with E-state index in [4.69, 9.17) is 13.9 Å². The molecule has 1 aliphatic rings. The van der Waals surface area contributed by atoms with Crippen molar-refractivity contribution in [3.8, 4) is 11.5 Å². The van der Waals surface area contributed by atoms with Crippen molar-refractivity contribution < 1.29 is 23.5 Å². The Morgan fingerprint density at radius 2 is 1.81 bits per heavy atom. The first-order valence-corrected chi connectivity index (χ1v) is 12.4. The van der Waals surface area contributed by atoms with Crippen LogP contribution in [0.3, 0.4) is 0 Å². The molecule has 1 heterocycles. The van der Waals surface area contributed by atoms with Crippen LogP contribution in [0.2, 0.25) is 0 Å². The molecule has 3 aromatic rings. The first-order chi connectivity index (χ1) is 17.5. The molecule has 1 saturated carbocycles. The first kappa shape index (κ1) is 25.4. The fourth-order valence-electron chi connectivity index (χ4n) is 4.85. The van der Waals surface area contributed by atoms with Crippen molar-refractivity contribution >= 4 is 11.8 Å². The molecular formula is C29H34N2O5. The molecule has 1 fully saturated rings. The molecule has 1 atom stereocenters. The second-order valence-electron chi connectivity index (χ2n) is 9.22. The van der Waals surface area contributed by atoms with Crippen molar-refractivity contribution in [1.29, 1.82) is 0 Å². The van der Waals surface area contributed by atoms with Gasteiger partial charge in [-0.1, -0.05) is 48.7 Å². The van der Waals surface area contributed by atoms with E-state index in [2.05, 4.69) is 11.4 Å². The Labute approximate surface area is 212 Å². The van der Waals surface area contributed by atoms with Crippen LogP contribution in [0.5, 0.6) is 11.5 Å². The van der Waals surface area contributed by atoms with Crippen molar-refractivity contribution in [2.45, 2.75) is 51.1 Å². The predicted octanol–water partition coefficient (Wildman–Crippen LogP) is 5.09. The number of carbonyl (C=O) groups excluding carboxylic acids is 2. The van der Waals surface area contributed by atoms with Gasteiger partial charge in [0.25, 0.3) is 5.91 Å². The topological polar surface area (TPSA) is 81.0 Å². The average molecular weight is 491 g/mol. The zero-order chi connectivity index (χ0) is 25.5. The third kappa shape index (κ3) is 5.90. The average Bonchev–Trinajstić information content (AvgIpc) is 3.60. The van der Waals surface area contributed by atoms with Gasteiger partial charge in [0, 0.05) is 12.6 Å². The van der Waals surface area contributed by atoms with Crippen LogP contribution in [0, 0.1) is 6.92 Å². The molecule has 4 rings (SSSR count). The lowest BCUT2D eigenvalue weighted by Crippen LogP contribution is -2.46. The van der Waals surface area contributed by atoms with Crippen molar-refractivity contribution in [2.24, 2.45) is 0 Å². The summed E-state index contributed by atoms with van der Waals surface area (Å²) >= 11 is 0. The van der Waals surface area contributed by atoms with Crippen molar-refractivity contribution in [3.05, 3.63) is 83.3 Å². The summed E-state index contributed by atoms with van der Waals surface area (Å²) in [5.41, 5.74) is 2.88. The van der Waals surface area contributed by atoms with E-state index < -0.39 is 6.04 Å². The Morgan fingerprint density at radius 1 is 1.03 bits per heavy atom. The number of ether oxygens (including phenoxy) is 2. The molecule has 0 unspecified atom stereocenters. The highest BCUT2D eigenvalue weighted by Gasteiger charge is 2.35. The molecular weight excluding hydrogens is 456 g/mol. The van der Waals surface area contributed by atoms with E-state index in [-0.39, 0.29) is 23.6 Å². The molecule has 36 heavy (non-hydrogen) atoms. The minimum Gasteiger partial charge on any atom is -0.493 e. The normalized spacial score (nSPS) is 14.3. The maximum atomic E-state index is 13.8. The number of benzene rings is 2. The number of hydrogen-bond acceptors (Lipinski definition) is 5. The van der Waals surface area contributed by atoms with Gasteiger partial charge in [0.2, 0.25) is 5.91 Å². The van der Waals surface area contributed by atoms with Crippen LogP contribution < -0.4 is 14.8 Å². The third-order valence-corrected chi connectivity index (χ3v) is 6.70. The molecule has 0 saturated heterocycles. The van der Waals surface area contributed by atoms with E-state index in [1.54, 1.807) is 43.4 Å². The lowest BCUT2D eigenvalue weighted by Gasteiger charge is -2.32. The Bertz CT molecular complexity index is 1170. The molecule has 2 aromatic carbocycles. The summed E-state index contributed by atoms with van der Waals surface area (Å²) < 4.78 is 16.4. The van der Waals surface area contributed by atoms with Crippen LogP contribution in [0.4, 0.5) is 0 Å². The van der Waals surface area contributed by atoms with Gasteiger partial charge in [-0.05, 0) is 61.6 Å². The summed E-state index contributed by atoms with van der Waals surface area (Å²) in [5.74, 6) is 0.697. The molecule has 2 amide bonds. The van der Waals surface area contributed by atoms with Crippen LogP contribution in [-0.4, -0.2) is 43.5 Å². The highest BCUT2D eigenvalue weighted by molar-refractivity contribution is 5.96. The Hall–Kier alpha value is -3.74. The second-order valence-corrected chi connectivity index (χ2v) is 9.22. The summed E-state index contributed by atoms with van der Waals surface area (Å²) in [6, 6.07) is 16.1. The smallest absolute Gasteiger partial charge is 0.290 e. The van der Waals surface area contributed by atoms with Crippen LogP contribution >= 0.6 is 0 Å². The van der Waals surface area contributed by atoms with E-state index >= 15 is 0 Å². The van der Waals surface area contributed by atoms with Crippen molar-refractivity contribution in [1.82, 2.24) is 10.2 Å². The number of aryl methyl sites for hydroxylation is 1. The van der Waals surface area contributed by atoms with Crippen LogP contribution in [0.15, 0.2) is 65.3 Å². The fraction of sp³-hybridized carbons (Fsp3) is 0.379. The lowest BCUT2D eigenvalue weighted by atomic mass is 10.0. The van der Waals surface area contributed by atoms with Gasteiger partial charge in [-0.3, -0.25) is 9.59 Å². The number of carbonyl (C=O) groups is 2. The van der Waals surface area contributed by atoms with Crippen LogP contribution in [0.25, 0.3) is 0 Å². The number of nitrogens with zero attached hydrogens (tertiary/aromatic N) is 1. The standard InChI is InChI=1S/C29H34N2O5/c1-20-8-6-9-21(18-20)15-16-31(29(33)25-12-7-17-36-25)27(28(32)30-23-10-4-5-11-23)22-13-14-24(34-2)26(19-22)35-3/h6-9,12-14,17-19,23,27H,4-5,10-11,15-16H2,1-3H3,(H,30,32)/t27-/m1/s1. The monoisotopic (exact) mass is 490 g/mol. The summed E-state index contributed by atoms with van der Waals surface area (Å²) in [6.07, 6.45) is 6.13. The molecule has 1 N–H and O–H groups in total. The summed E-state index contributed by atoms with van der Waals surface area (Å²) in [6.45, 7) is 2.37. The predicted molar refractivity (Wildman–Crippen MR) is 137 cm³/mol. The number of hydrogen-bond donors (Lipinski definition) is 1. The molecule has 190 valence electrons. The molecule has 7 nitrogen and oxygen atoms in total. The Kier molecular flexibility index (Phi) is 8.31. The highest BCUT2D eigenvalue weighted by atomic mass is 16.5. The van der Waals surface area contributed by atoms with Gasteiger partial charge in [0.1, 0.15) is 6.04 Å². The molecule has 0 radical (unpaired) electrons. The number of methoxy groups -OCH3 is 2. The van der Waals surface area contributed by atoms with E-state index in [9.17, 15) is 9.59 Å². The zero-order valence-electron chi connectivity index (χ0n) is 21.2. The fourth-order valence-corrected chi connectivity index (χ4v) is 4.85. The van der Waals surface area contributed by atoms with Gasteiger partial charge in [-0.15, -0.1) is 0 Å². The van der Waals surface area contributed by atoms with Gasteiger partial charge in [-0.25, -0.2) is 0 Å². The van der Waals surface area contributed by atoms with E-state index in [1.165, 1.54) is 6.26 Å². The minimum absolute atomic E-state index is 0.109. The number of amides is 2. The summed E-state index contributed by atoms with van der Waals surface area (Å²) in [7, 11) is 3.12. The lowest BCUT2D eigenvalue weighted by molar-refractivity contribution is -0.126. The first-order valence-electron chi connectivity index (χ1n) is 12.4. The van der Waals surface area contributed by atoms with Gasteiger partial charge < -0.3 is 24.1 Å². The van der Waals surface area contributed by atoms with E-state index in [1.807, 2.05) is 31.2 Å². The highest BCUT2D eigenvalue weighted by Crippen LogP contribution is 2.33. The number of rotatable bonds is 10. The van der Waals surface area contributed by atoms with Gasteiger partial charge in [-0.2, -0.15) is 0 Å². The summed E-state index contributed by atoms with van der Waals surface area (Å²) in [5, 5.41) is 3.20. The largest absolute Gasteiger partial charge is 0.493 e. The van der Waals surface area contributed by atoms with E-state index in [0.717, 1.165) is 36.8 Å². The molecule has 1 aromatic heterocycles.